The molecule has 0 heterocycles. The van der Waals surface area contributed by atoms with Crippen LogP contribution in [0.15, 0.2) is 0 Å². The van der Waals surface area contributed by atoms with Crippen LogP contribution in [0.4, 0.5) is 158 Å². The van der Waals surface area contributed by atoms with Crippen LogP contribution in [0.25, 0.3) is 0 Å². The maximum absolute atomic E-state index is 15.3. The van der Waals surface area contributed by atoms with Crippen molar-refractivity contribution < 1.29 is 188 Å². The van der Waals surface area contributed by atoms with E-state index in [1.54, 1.807) is 0 Å². The van der Waals surface area contributed by atoms with E-state index >= 15 is 0 Å². The molecular formula is C16BF36Na. The van der Waals surface area contributed by atoms with Crippen LogP contribution in [-0.4, -0.2) is 80.3 Å². The van der Waals surface area contributed by atoms with Gasteiger partial charge in [-0.05, 0) is 0 Å². The van der Waals surface area contributed by atoms with Crippen LogP contribution in [0, 0.1) is 0 Å². The van der Waals surface area contributed by atoms with E-state index in [1.807, 2.05) is 0 Å². The van der Waals surface area contributed by atoms with Crippen molar-refractivity contribution in [3.63, 3.8) is 0 Å². The van der Waals surface area contributed by atoms with Crippen molar-refractivity contribution in [2.24, 2.45) is 0 Å². The van der Waals surface area contributed by atoms with Gasteiger partial charge in [0.05, 0.1) is 0 Å². The Hall–Kier alpha value is -1.46. The summed E-state index contributed by atoms with van der Waals surface area (Å²) in [4.78, 5) is 0. The second-order valence-corrected chi connectivity index (χ2v) is 10.1. The SMILES string of the molecule is FC(F)(F)C([B-](C(C(F)(F)F)(C(F)(F)F)C(F)(F)F)(C(C(F)(F)F)(C(F)(F)F)C(F)(F)F)C(C(F)(F)F)(C(F)(F)F)C(F)(F)F)(C(F)(F)F)C(F)(F)F.[Na+]. The van der Waals surface area contributed by atoms with E-state index in [0.717, 1.165) is 0 Å². The average Bonchev–Trinajstić information content (AvgIpc) is 2.60. The molecule has 0 radical (unpaired) electrons. The van der Waals surface area contributed by atoms with E-state index in [9.17, 15) is 158 Å². The molecule has 0 nitrogen and oxygen atoms in total. The van der Waals surface area contributed by atoms with Crippen LogP contribution in [0.2, 0.25) is 21.3 Å². The fourth-order valence-corrected chi connectivity index (χ4v) is 6.82. The Morgan fingerprint density at radius 2 is 0.204 bits per heavy atom. The van der Waals surface area contributed by atoms with Gasteiger partial charge in [-0.25, -0.2) is 0 Å². The van der Waals surface area contributed by atoms with Crippen LogP contribution in [0.1, 0.15) is 0 Å². The molecule has 0 spiro atoms. The topological polar surface area (TPSA) is 0 Å². The summed E-state index contributed by atoms with van der Waals surface area (Å²) in [5.41, 5.74) is 0. The molecule has 0 aromatic rings. The van der Waals surface area contributed by atoms with Gasteiger partial charge in [-0.15, -0.1) is 0 Å². The van der Waals surface area contributed by atoms with Gasteiger partial charge in [0.25, 0.3) is 0 Å². The summed E-state index contributed by atoms with van der Waals surface area (Å²) in [6, 6.07) is 0. The van der Waals surface area contributed by atoms with E-state index in [0.29, 0.717) is 0 Å². The third kappa shape index (κ3) is 6.11. The van der Waals surface area contributed by atoms with E-state index in [4.69, 9.17) is 0 Å². The van der Waals surface area contributed by atoms with Gasteiger partial charge in [0, 0.05) is 0 Å². The standard InChI is InChI=1S/C16BF36.Na/c18-5(19,20)1(6(21,22)23,7(24,25)26)17(2(8(27,28)29,9(30,31)32)10(33,34)35,3(11(36,37)38,12(39,40)41)13(42,43)44)4(14(45,46)47,15(48,49)50)16(51,52)53;/q-1;+1. The average molecular weight is 910 g/mol. The molecule has 0 aliphatic carbocycles. The predicted molar refractivity (Wildman–Crippen MR) is 89.2 cm³/mol. The van der Waals surface area contributed by atoms with Crippen LogP contribution in [0.3, 0.4) is 0 Å². The van der Waals surface area contributed by atoms with Crippen molar-refractivity contribution in [1.82, 2.24) is 0 Å². The van der Waals surface area contributed by atoms with Crippen molar-refractivity contribution >= 4 is 6.15 Å². The summed E-state index contributed by atoms with van der Waals surface area (Å²) >= 11 is 0. The van der Waals surface area contributed by atoms with Crippen molar-refractivity contribution in [2.45, 2.75) is 95.4 Å². The normalized spacial score (nSPS) is 17.1. The molecule has 0 amide bonds. The molecule has 0 aromatic heterocycles. The zero-order valence-electron chi connectivity index (χ0n) is 23.2. The molecule has 0 unspecified atom stereocenters. The summed E-state index contributed by atoms with van der Waals surface area (Å²) < 4.78 is 512. The van der Waals surface area contributed by atoms with Crippen molar-refractivity contribution in [1.29, 1.82) is 0 Å². The summed E-state index contributed by atoms with van der Waals surface area (Å²) in [6.45, 7) is 0. The second-order valence-electron chi connectivity index (χ2n) is 10.1. The Labute approximate surface area is 289 Å². The Morgan fingerprint density at radius 1 is 0.148 bits per heavy atom. The summed E-state index contributed by atoms with van der Waals surface area (Å²) in [5.74, 6) is 0. The smallest absolute Gasteiger partial charge is 0.174 e. The zero-order chi connectivity index (χ0) is 44.5. The van der Waals surface area contributed by atoms with Crippen molar-refractivity contribution in [3.05, 3.63) is 0 Å². The first kappa shape index (κ1) is 54.6. The molecule has 0 N–H and O–H groups in total. The Kier molecular flexibility index (Phi) is 13.2. The Balaban J connectivity index is 0. The molecule has 0 bridgehead atoms. The first-order valence-corrected chi connectivity index (χ1v) is 11.0. The van der Waals surface area contributed by atoms with Gasteiger partial charge in [-0.2, -0.15) is 158 Å². The Bertz CT molecular complexity index is 948. The third-order valence-corrected chi connectivity index (χ3v) is 7.96. The summed E-state index contributed by atoms with van der Waals surface area (Å²) in [6.07, 6.45) is -152. The van der Waals surface area contributed by atoms with Crippen LogP contribution < -0.4 is 29.6 Å². The number of hydrogen-bond donors (Lipinski definition) is 0. The largest absolute Gasteiger partial charge is 1.00 e. The monoisotopic (exact) mass is 910 g/mol. The van der Waals surface area contributed by atoms with Crippen molar-refractivity contribution in [2.75, 3.05) is 0 Å². The van der Waals surface area contributed by atoms with E-state index in [-0.39, 0.29) is 29.6 Å². The maximum Gasteiger partial charge on any atom is 1.00 e. The van der Waals surface area contributed by atoms with Gasteiger partial charge < -0.3 is 0 Å². The van der Waals surface area contributed by atoms with E-state index in [2.05, 4.69) is 0 Å². The zero-order valence-corrected chi connectivity index (χ0v) is 25.2. The quantitative estimate of drug-likeness (QED) is 0.195. The molecular weight excluding hydrogens is 910 g/mol. The number of alkyl halides is 36. The molecule has 38 heteroatoms. The first-order valence-electron chi connectivity index (χ1n) is 11.0. The molecule has 0 rings (SSSR count). The third-order valence-electron chi connectivity index (χ3n) is 7.96. The molecule has 0 aromatic carbocycles. The molecule has 0 aliphatic heterocycles. The summed E-state index contributed by atoms with van der Waals surface area (Å²) in [7, 11) is 0. The molecule has 320 valence electrons. The minimum absolute atomic E-state index is 0. The van der Waals surface area contributed by atoms with Gasteiger partial charge in [0.2, 0.25) is 0 Å². The van der Waals surface area contributed by atoms with Gasteiger partial charge >= 0.3 is 104 Å². The Morgan fingerprint density at radius 3 is 0.241 bits per heavy atom. The van der Waals surface area contributed by atoms with Gasteiger partial charge in [-0.1, -0.05) is 0 Å². The van der Waals surface area contributed by atoms with Crippen LogP contribution in [-0.2, 0) is 0 Å². The minimum atomic E-state index is -15.3. The van der Waals surface area contributed by atoms with E-state index in [1.165, 1.54) is 0 Å². The second kappa shape index (κ2) is 13.0. The van der Waals surface area contributed by atoms with Gasteiger partial charge in [0.1, 0.15) is 21.3 Å². The van der Waals surface area contributed by atoms with E-state index < -0.39 is 102 Å². The molecule has 0 atom stereocenters. The maximum atomic E-state index is 14.2. The molecule has 54 heavy (non-hydrogen) atoms. The van der Waals surface area contributed by atoms with Gasteiger partial charge in [-0.3, -0.25) is 0 Å². The minimum Gasteiger partial charge on any atom is -0.174 e. The molecule has 0 saturated heterocycles. The van der Waals surface area contributed by atoms with Gasteiger partial charge in [0.15, 0.2) is 6.15 Å². The number of hydrogen-bond acceptors (Lipinski definition) is 0. The van der Waals surface area contributed by atoms with Crippen molar-refractivity contribution in [3.8, 4) is 0 Å². The first-order chi connectivity index (χ1) is 22.0. The summed E-state index contributed by atoms with van der Waals surface area (Å²) in [5, 5.41) is -50.9. The number of halogens is 36. The number of rotatable bonds is 4. The molecule has 0 saturated carbocycles. The van der Waals surface area contributed by atoms with Crippen LogP contribution >= 0.6 is 0 Å². The molecule has 0 aliphatic rings. The fourth-order valence-electron chi connectivity index (χ4n) is 6.82. The fraction of sp³-hybridized carbons (Fsp3) is 1.00. The molecule has 0 fully saturated rings. The predicted octanol–water partition coefficient (Wildman–Crippen LogP) is 10.1. The van der Waals surface area contributed by atoms with Crippen LogP contribution in [0.5, 0.6) is 0 Å².